The highest BCUT2D eigenvalue weighted by atomic mass is 32.2. The summed E-state index contributed by atoms with van der Waals surface area (Å²) in [6, 6.07) is 8.67. The summed E-state index contributed by atoms with van der Waals surface area (Å²) in [5.74, 6) is -0.750. The third-order valence-corrected chi connectivity index (χ3v) is 6.77. The largest absolute Gasteiger partial charge is 0.573 e. The smallest absolute Gasteiger partial charge is 0.492 e. The Hall–Kier alpha value is -2.95. The van der Waals surface area contributed by atoms with Gasteiger partial charge in [-0.3, -0.25) is 9.52 Å². The zero-order valence-corrected chi connectivity index (χ0v) is 19.5. The van der Waals surface area contributed by atoms with Gasteiger partial charge in [-0.15, -0.1) is 13.2 Å². The van der Waals surface area contributed by atoms with Gasteiger partial charge in [-0.05, 0) is 44.0 Å². The van der Waals surface area contributed by atoms with Gasteiger partial charge in [0.1, 0.15) is 16.4 Å². The second kappa shape index (κ2) is 11.0. The maximum Gasteiger partial charge on any atom is 0.573 e. The fourth-order valence-corrected chi connectivity index (χ4v) is 5.01. The average molecular weight is 501 g/mol. The number of carbonyl (C=O) groups excluding carboxylic acids is 1. The van der Waals surface area contributed by atoms with E-state index in [2.05, 4.69) is 14.8 Å². The number of halogens is 3. The summed E-state index contributed by atoms with van der Waals surface area (Å²) in [5.41, 5.74) is 0.284. The molecule has 1 aliphatic carbocycles. The number of rotatable bonds is 8. The maximum absolute atomic E-state index is 13.0. The Labute approximate surface area is 196 Å². The number of alkyl halides is 3. The molecule has 186 valence electrons. The van der Waals surface area contributed by atoms with E-state index in [1.807, 2.05) is 0 Å². The highest BCUT2D eigenvalue weighted by Gasteiger charge is 2.31. The molecule has 1 fully saturated rings. The van der Waals surface area contributed by atoms with Crippen molar-refractivity contribution in [2.24, 2.45) is 5.92 Å². The van der Waals surface area contributed by atoms with Crippen molar-refractivity contribution in [1.82, 2.24) is 0 Å². The van der Waals surface area contributed by atoms with Gasteiger partial charge in [0, 0.05) is 23.7 Å². The minimum absolute atomic E-state index is 0.0105. The van der Waals surface area contributed by atoms with Crippen molar-refractivity contribution in [3.8, 4) is 11.5 Å². The zero-order chi connectivity index (χ0) is 24.8. The number of benzene rings is 2. The fraction of sp³-hybridized carbons (Fsp3) is 0.435. The van der Waals surface area contributed by atoms with Crippen molar-refractivity contribution in [2.75, 3.05) is 16.6 Å². The molecule has 2 N–H and O–H groups in total. The number of ether oxygens (including phenoxy) is 2. The Morgan fingerprint density at radius 3 is 2.38 bits per heavy atom. The molecule has 7 nitrogen and oxygen atoms in total. The van der Waals surface area contributed by atoms with Crippen LogP contribution in [-0.4, -0.2) is 27.3 Å². The Kier molecular flexibility index (Phi) is 8.29. The second-order valence-electron chi connectivity index (χ2n) is 7.95. The van der Waals surface area contributed by atoms with Crippen molar-refractivity contribution in [3.63, 3.8) is 0 Å². The third kappa shape index (κ3) is 7.28. The van der Waals surface area contributed by atoms with Crippen LogP contribution >= 0.6 is 0 Å². The van der Waals surface area contributed by atoms with Crippen molar-refractivity contribution < 1.29 is 35.9 Å². The molecule has 0 aliphatic heterocycles. The van der Waals surface area contributed by atoms with Gasteiger partial charge in [-0.2, -0.15) is 0 Å². The Balaban J connectivity index is 1.80. The van der Waals surface area contributed by atoms with E-state index in [0.29, 0.717) is 5.69 Å². The van der Waals surface area contributed by atoms with E-state index < -0.39 is 22.1 Å². The van der Waals surface area contributed by atoms with Gasteiger partial charge >= 0.3 is 6.36 Å². The Bertz CT molecular complexity index is 1100. The summed E-state index contributed by atoms with van der Waals surface area (Å²) in [7, 11) is -4.22. The summed E-state index contributed by atoms with van der Waals surface area (Å²) in [6.07, 6.45) is 0.957. The van der Waals surface area contributed by atoms with Crippen molar-refractivity contribution >= 4 is 27.3 Å². The molecule has 0 atom stereocenters. The normalized spacial score (nSPS) is 15.3. The van der Waals surface area contributed by atoms with Gasteiger partial charge in [0.25, 0.3) is 10.0 Å². The van der Waals surface area contributed by atoms with Crippen molar-refractivity contribution in [2.45, 2.75) is 56.7 Å². The van der Waals surface area contributed by atoms with Crippen LogP contribution in [0, 0.1) is 5.92 Å². The lowest BCUT2D eigenvalue weighted by molar-refractivity contribution is -0.274. The monoisotopic (exact) mass is 500 g/mol. The maximum atomic E-state index is 13.0. The number of anilines is 2. The molecule has 0 bridgehead atoms. The molecule has 2 aromatic carbocycles. The van der Waals surface area contributed by atoms with Gasteiger partial charge in [0.2, 0.25) is 5.91 Å². The van der Waals surface area contributed by atoms with Gasteiger partial charge < -0.3 is 14.8 Å². The lowest BCUT2D eigenvalue weighted by Crippen LogP contribution is -2.22. The first-order valence-electron chi connectivity index (χ1n) is 11.0. The van der Waals surface area contributed by atoms with Crippen LogP contribution in [0.3, 0.4) is 0 Å². The molecule has 34 heavy (non-hydrogen) atoms. The summed E-state index contributed by atoms with van der Waals surface area (Å²) in [6.45, 7) is 1.84. The number of amides is 1. The van der Waals surface area contributed by atoms with Gasteiger partial charge in [-0.1, -0.05) is 31.7 Å². The fourth-order valence-electron chi connectivity index (χ4n) is 3.83. The average Bonchev–Trinajstić information content (AvgIpc) is 3.02. The number of hydrogen-bond donors (Lipinski definition) is 2. The Morgan fingerprint density at radius 2 is 1.74 bits per heavy atom. The lowest BCUT2D eigenvalue weighted by atomic mass is 9.99. The van der Waals surface area contributed by atoms with Crippen LogP contribution < -0.4 is 19.5 Å². The highest BCUT2D eigenvalue weighted by molar-refractivity contribution is 7.92. The van der Waals surface area contributed by atoms with E-state index >= 15 is 0 Å². The first kappa shape index (κ1) is 25.7. The van der Waals surface area contributed by atoms with Crippen LogP contribution in [0.15, 0.2) is 47.4 Å². The van der Waals surface area contributed by atoms with E-state index in [1.165, 1.54) is 30.3 Å². The molecule has 1 aliphatic rings. The molecule has 1 amide bonds. The molecule has 0 radical (unpaired) electrons. The molecule has 0 aromatic heterocycles. The topological polar surface area (TPSA) is 93.7 Å². The molecule has 0 spiro atoms. The minimum Gasteiger partial charge on any atom is -0.492 e. The number of sulfonamides is 1. The van der Waals surface area contributed by atoms with E-state index in [9.17, 15) is 26.4 Å². The Morgan fingerprint density at radius 1 is 1.03 bits per heavy atom. The first-order valence-corrected chi connectivity index (χ1v) is 12.5. The van der Waals surface area contributed by atoms with Gasteiger partial charge in [-0.25, -0.2) is 8.42 Å². The number of nitrogens with one attached hydrogen (secondary N) is 2. The van der Waals surface area contributed by atoms with Crippen LogP contribution in [0.1, 0.15) is 45.4 Å². The van der Waals surface area contributed by atoms with Crippen LogP contribution in [0.2, 0.25) is 0 Å². The SMILES string of the molecule is CCOc1cc(NC(=O)C2CCCCCC2)ccc1S(=O)(=O)Nc1cccc(OC(F)(F)F)c1. The highest BCUT2D eigenvalue weighted by Crippen LogP contribution is 2.32. The van der Waals surface area contributed by atoms with Gasteiger partial charge in [0.05, 0.1) is 12.3 Å². The molecule has 11 heteroatoms. The minimum atomic E-state index is -4.91. The zero-order valence-electron chi connectivity index (χ0n) is 18.7. The van der Waals surface area contributed by atoms with E-state index in [4.69, 9.17) is 4.74 Å². The van der Waals surface area contributed by atoms with Gasteiger partial charge in [0.15, 0.2) is 0 Å². The predicted octanol–water partition coefficient (Wildman–Crippen LogP) is 5.69. The van der Waals surface area contributed by atoms with Crippen LogP contribution in [0.25, 0.3) is 0 Å². The molecule has 3 rings (SSSR count). The predicted molar refractivity (Wildman–Crippen MR) is 121 cm³/mol. The molecule has 0 saturated heterocycles. The summed E-state index contributed by atoms with van der Waals surface area (Å²) < 4.78 is 74.9. The third-order valence-electron chi connectivity index (χ3n) is 5.35. The van der Waals surface area contributed by atoms with E-state index in [-0.39, 0.29) is 34.8 Å². The van der Waals surface area contributed by atoms with Crippen molar-refractivity contribution in [1.29, 1.82) is 0 Å². The van der Waals surface area contributed by atoms with E-state index in [0.717, 1.165) is 50.7 Å². The molecule has 1 saturated carbocycles. The molecule has 0 unspecified atom stereocenters. The second-order valence-corrected chi connectivity index (χ2v) is 9.60. The van der Waals surface area contributed by atoms with Crippen LogP contribution in [0.5, 0.6) is 11.5 Å². The standard InChI is InChI=1S/C23H27F3N2O5S/c1-2-32-20-15-17(27-22(29)16-8-5-3-4-6-9-16)12-13-21(20)34(30,31)28-18-10-7-11-19(14-18)33-23(24,25)26/h7,10-16,28H,2-6,8-9H2,1H3,(H,27,29). The summed E-state index contributed by atoms with van der Waals surface area (Å²) >= 11 is 0. The van der Waals surface area contributed by atoms with Crippen LogP contribution in [0.4, 0.5) is 24.5 Å². The summed E-state index contributed by atoms with van der Waals surface area (Å²) in [5, 5.41) is 2.84. The van der Waals surface area contributed by atoms with E-state index in [1.54, 1.807) is 6.92 Å². The molecule has 0 heterocycles. The summed E-state index contributed by atoms with van der Waals surface area (Å²) in [4.78, 5) is 12.5. The lowest BCUT2D eigenvalue weighted by Gasteiger charge is -2.17. The van der Waals surface area contributed by atoms with Crippen LogP contribution in [-0.2, 0) is 14.8 Å². The number of hydrogen-bond acceptors (Lipinski definition) is 5. The first-order chi connectivity index (χ1) is 16.1. The number of carbonyl (C=O) groups is 1. The molecular weight excluding hydrogens is 473 g/mol. The van der Waals surface area contributed by atoms with Crippen molar-refractivity contribution in [3.05, 3.63) is 42.5 Å². The molecular formula is C23H27F3N2O5S. The quantitative estimate of drug-likeness (QED) is 0.454. The molecule has 2 aromatic rings.